The van der Waals surface area contributed by atoms with E-state index in [1.807, 2.05) is 13.8 Å². The van der Waals surface area contributed by atoms with Crippen molar-refractivity contribution >= 4 is 5.91 Å². The molecule has 14 heavy (non-hydrogen) atoms. The summed E-state index contributed by atoms with van der Waals surface area (Å²) in [6.45, 7) is 9.88. The lowest BCUT2D eigenvalue weighted by molar-refractivity contribution is -0.125. The highest BCUT2D eigenvalue weighted by atomic mass is 16.3. The van der Waals surface area contributed by atoms with Crippen LogP contribution in [0.3, 0.4) is 0 Å². The predicted molar refractivity (Wildman–Crippen MR) is 57.9 cm³/mol. The number of nitrogens with one attached hydrogen (secondary N) is 1. The first-order chi connectivity index (χ1) is 6.24. The zero-order valence-corrected chi connectivity index (χ0v) is 9.92. The number of carbonyl (C=O) groups excluding carboxylic acids is 1. The average molecular weight is 201 g/mol. The van der Waals surface area contributed by atoms with Gasteiger partial charge in [-0.15, -0.1) is 0 Å². The Labute approximate surface area is 86.9 Å². The largest absolute Gasteiger partial charge is 0.388 e. The molecule has 0 aliphatic rings. The Bertz CT molecular complexity index is 186. The standard InChI is InChI=1S/C11H23NO2/c1-8(2)6-11(5,14)7-12-10(13)9(3)4/h8-9,14H,6-7H2,1-5H3,(H,12,13). The maximum absolute atomic E-state index is 11.3. The van der Waals surface area contributed by atoms with Crippen LogP contribution in [0, 0.1) is 11.8 Å². The topological polar surface area (TPSA) is 49.3 Å². The van der Waals surface area contributed by atoms with Gasteiger partial charge in [0.1, 0.15) is 0 Å². The van der Waals surface area contributed by atoms with Crippen LogP contribution in [0.1, 0.15) is 41.0 Å². The number of hydrogen-bond donors (Lipinski definition) is 2. The van der Waals surface area contributed by atoms with E-state index in [4.69, 9.17) is 0 Å². The van der Waals surface area contributed by atoms with Crippen molar-refractivity contribution in [2.75, 3.05) is 6.54 Å². The number of aliphatic hydroxyl groups is 1. The Hall–Kier alpha value is -0.570. The molecule has 1 atom stereocenters. The Morgan fingerprint density at radius 2 is 1.86 bits per heavy atom. The molecule has 0 aliphatic carbocycles. The van der Waals surface area contributed by atoms with Crippen LogP contribution in [0.5, 0.6) is 0 Å². The third-order valence-corrected chi connectivity index (χ3v) is 2.02. The van der Waals surface area contributed by atoms with Gasteiger partial charge >= 0.3 is 0 Å². The first kappa shape index (κ1) is 13.4. The van der Waals surface area contributed by atoms with Crippen molar-refractivity contribution in [3.8, 4) is 0 Å². The second kappa shape index (κ2) is 5.35. The zero-order chi connectivity index (χ0) is 11.4. The van der Waals surface area contributed by atoms with Gasteiger partial charge in [-0.05, 0) is 19.3 Å². The quantitative estimate of drug-likeness (QED) is 0.709. The van der Waals surface area contributed by atoms with Gasteiger partial charge in [-0.1, -0.05) is 27.7 Å². The zero-order valence-electron chi connectivity index (χ0n) is 9.92. The van der Waals surface area contributed by atoms with E-state index >= 15 is 0 Å². The van der Waals surface area contributed by atoms with Crippen molar-refractivity contribution in [3.63, 3.8) is 0 Å². The molecule has 0 spiro atoms. The van der Waals surface area contributed by atoms with Crippen molar-refractivity contribution < 1.29 is 9.90 Å². The summed E-state index contributed by atoms with van der Waals surface area (Å²) >= 11 is 0. The number of rotatable bonds is 5. The maximum Gasteiger partial charge on any atom is 0.222 e. The molecule has 84 valence electrons. The smallest absolute Gasteiger partial charge is 0.222 e. The second-order valence-electron chi connectivity index (χ2n) is 4.97. The summed E-state index contributed by atoms with van der Waals surface area (Å²) in [5, 5.41) is 12.6. The third-order valence-electron chi connectivity index (χ3n) is 2.02. The molecule has 0 fully saturated rings. The monoisotopic (exact) mass is 201 g/mol. The lowest BCUT2D eigenvalue weighted by Gasteiger charge is -2.26. The molecule has 3 nitrogen and oxygen atoms in total. The minimum atomic E-state index is -0.793. The molecule has 0 bridgehead atoms. The van der Waals surface area contributed by atoms with Crippen LogP contribution in [-0.4, -0.2) is 23.2 Å². The van der Waals surface area contributed by atoms with Crippen LogP contribution in [0.25, 0.3) is 0 Å². The number of amides is 1. The minimum Gasteiger partial charge on any atom is -0.388 e. The molecule has 0 radical (unpaired) electrons. The van der Waals surface area contributed by atoms with Crippen LogP contribution in [0.2, 0.25) is 0 Å². The molecule has 0 aliphatic heterocycles. The summed E-state index contributed by atoms with van der Waals surface area (Å²) in [4.78, 5) is 11.3. The highest BCUT2D eigenvalue weighted by Gasteiger charge is 2.22. The third kappa shape index (κ3) is 5.97. The molecule has 2 N–H and O–H groups in total. The van der Waals surface area contributed by atoms with E-state index in [-0.39, 0.29) is 11.8 Å². The number of carbonyl (C=O) groups is 1. The van der Waals surface area contributed by atoms with Gasteiger partial charge in [0.15, 0.2) is 0 Å². The van der Waals surface area contributed by atoms with Crippen LogP contribution < -0.4 is 5.32 Å². The fourth-order valence-corrected chi connectivity index (χ4v) is 1.43. The molecule has 0 aromatic heterocycles. The molecule has 0 rings (SSSR count). The van der Waals surface area contributed by atoms with Crippen molar-refractivity contribution in [2.45, 2.75) is 46.6 Å². The normalized spacial score (nSPS) is 15.7. The van der Waals surface area contributed by atoms with Crippen molar-refractivity contribution in [1.82, 2.24) is 5.32 Å². The molecular weight excluding hydrogens is 178 g/mol. The first-order valence-corrected chi connectivity index (χ1v) is 5.24. The summed E-state index contributed by atoms with van der Waals surface area (Å²) in [5.41, 5.74) is -0.793. The summed E-state index contributed by atoms with van der Waals surface area (Å²) < 4.78 is 0. The van der Waals surface area contributed by atoms with Crippen molar-refractivity contribution in [2.24, 2.45) is 11.8 Å². The van der Waals surface area contributed by atoms with Crippen molar-refractivity contribution in [1.29, 1.82) is 0 Å². The molecule has 3 heteroatoms. The lowest BCUT2D eigenvalue weighted by atomic mass is 9.94. The van der Waals surface area contributed by atoms with Gasteiger partial charge in [0, 0.05) is 12.5 Å². The van der Waals surface area contributed by atoms with Gasteiger partial charge in [-0.2, -0.15) is 0 Å². The SMILES string of the molecule is CC(C)CC(C)(O)CNC(=O)C(C)C. The molecule has 0 aromatic rings. The van der Waals surface area contributed by atoms with E-state index in [9.17, 15) is 9.90 Å². The first-order valence-electron chi connectivity index (χ1n) is 5.24. The second-order valence-corrected chi connectivity index (χ2v) is 4.97. The van der Waals surface area contributed by atoms with E-state index in [2.05, 4.69) is 19.2 Å². The predicted octanol–water partition coefficient (Wildman–Crippen LogP) is 1.56. The highest BCUT2D eigenvalue weighted by Crippen LogP contribution is 2.15. The summed E-state index contributed by atoms with van der Waals surface area (Å²) in [5.74, 6) is 0.403. The van der Waals surface area contributed by atoms with Gasteiger partial charge in [0.25, 0.3) is 0 Å². The Morgan fingerprint density at radius 3 is 2.21 bits per heavy atom. The van der Waals surface area contributed by atoms with E-state index in [1.54, 1.807) is 6.92 Å². The summed E-state index contributed by atoms with van der Waals surface area (Å²) in [6, 6.07) is 0. The maximum atomic E-state index is 11.3. The molecule has 0 aromatic carbocycles. The average Bonchev–Trinajstić information content (AvgIpc) is 1.97. The van der Waals surface area contributed by atoms with Gasteiger partial charge in [-0.25, -0.2) is 0 Å². The van der Waals surface area contributed by atoms with Crippen LogP contribution >= 0.6 is 0 Å². The minimum absolute atomic E-state index is 0.00553. The van der Waals surface area contributed by atoms with E-state index in [0.717, 1.165) is 0 Å². The Balaban J connectivity index is 3.92. The molecule has 0 saturated carbocycles. The Kier molecular flexibility index (Phi) is 5.13. The van der Waals surface area contributed by atoms with Crippen LogP contribution in [0.4, 0.5) is 0 Å². The lowest BCUT2D eigenvalue weighted by Crippen LogP contribution is -2.42. The van der Waals surface area contributed by atoms with E-state index in [0.29, 0.717) is 18.9 Å². The highest BCUT2D eigenvalue weighted by molar-refractivity contribution is 5.77. The fourth-order valence-electron chi connectivity index (χ4n) is 1.43. The van der Waals surface area contributed by atoms with Gasteiger partial charge < -0.3 is 10.4 Å². The van der Waals surface area contributed by atoms with Crippen LogP contribution in [0.15, 0.2) is 0 Å². The van der Waals surface area contributed by atoms with Gasteiger partial charge in [0.05, 0.1) is 5.60 Å². The molecule has 0 heterocycles. The van der Waals surface area contributed by atoms with E-state index in [1.165, 1.54) is 0 Å². The van der Waals surface area contributed by atoms with Crippen molar-refractivity contribution in [3.05, 3.63) is 0 Å². The summed E-state index contributed by atoms with van der Waals surface area (Å²) in [7, 11) is 0. The Morgan fingerprint density at radius 1 is 1.36 bits per heavy atom. The van der Waals surface area contributed by atoms with E-state index < -0.39 is 5.60 Å². The molecule has 1 amide bonds. The fraction of sp³-hybridized carbons (Fsp3) is 0.909. The van der Waals surface area contributed by atoms with Gasteiger partial charge in [0.2, 0.25) is 5.91 Å². The molecular formula is C11H23NO2. The summed E-state index contributed by atoms with van der Waals surface area (Å²) in [6.07, 6.45) is 0.700. The number of hydrogen-bond acceptors (Lipinski definition) is 2. The van der Waals surface area contributed by atoms with Crippen LogP contribution in [-0.2, 0) is 4.79 Å². The van der Waals surface area contributed by atoms with Gasteiger partial charge in [-0.3, -0.25) is 4.79 Å². The molecule has 1 unspecified atom stereocenters. The molecule has 0 saturated heterocycles.